The molecule has 0 saturated carbocycles. The smallest absolute Gasteiger partial charge is 0.260 e. The topological polar surface area (TPSA) is 66.1 Å². The molecule has 6 heteroatoms. The van der Waals surface area contributed by atoms with Crippen molar-refractivity contribution in [3.8, 4) is 0 Å². The maximum absolute atomic E-state index is 12.4. The Morgan fingerprint density at radius 2 is 1.95 bits per heavy atom. The maximum atomic E-state index is 12.4. The normalized spacial score (nSPS) is 11.9. The third kappa shape index (κ3) is 3.02. The van der Waals surface area contributed by atoms with Gasteiger partial charge >= 0.3 is 0 Å². The van der Waals surface area contributed by atoms with Gasteiger partial charge in [0.25, 0.3) is 10.0 Å². The van der Waals surface area contributed by atoms with Gasteiger partial charge in [-0.3, -0.25) is 0 Å². The summed E-state index contributed by atoms with van der Waals surface area (Å²) in [5.41, 5.74) is 0.962. The number of rotatable bonds is 5. The number of H-pyrrole nitrogens is 1. The van der Waals surface area contributed by atoms with Crippen LogP contribution in [-0.4, -0.2) is 29.2 Å². The van der Waals surface area contributed by atoms with Crippen molar-refractivity contribution in [3.05, 3.63) is 47.9 Å². The Bertz CT molecular complexity index is 635. The van der Waals surface area contributed by atoms with Crippen LogP contribution in [0.3, 0.4) is 0 Å². The molecule has 0 aliphatic carbocycles. The lowest BCUT2D eigenvalue weighted by Crippen LogP contribution is -2.30. The van der Waals surface area contributed by atoms with Crippen molar-refractivity contribution in [2.24, 2.45) is 0 Å². The first-order valence-electron chi connectivity index (χ1n) is 6.09. The standard InChI is InChI=1S/C13H17N3O2S/c1-3-16(10-12-7-5-4-6-8-12)19(17,18)13-9-14-11(2)15-13/h4-9H,3,10H2,1-2H3,(H,14,15). The average Bonchev–Trinajstić information content (AvgIpc) is 2.84. The van der Waals surface area contributed by atoms with Gasteiger partial charge in [-0.15, -0.1) is 0 Å². The third-order valence-corrected chi connectivity index (χ3v) is 4.68. The second kappa shape index (κ2) is 5.54. The third-order valence-electron chi connectivity index (χ3n) is 2.85. The van der Waals surface area contributed by atoms with Crippen LogP contribution in [0.1, 0.15) is 18.3 Å². The molecule has 0 radical (unpaired) electrons. The molecule has 1 aromatic carbocycles. The first-order chi connectivity index (χ1) is 9.04. The maximum Gasteiger partial charge on any atom is 0.260 e. The summed E-state index contributed by atoms with van der Waals surface area (Å²) in [6, 6.07) is 9.53. The van der Waals surface area contributed by atoms with Gasteiger partial charge in [-0.1, -0.05) is 37.3 Å². The number of aromatic nitrogens is 2. The predicted molar refractivity (Wildman–Crippen MR) is 73.0 cm³/mol. The molecule has 102 valence electrons. The van der Waals surface area contributed by atoms with E-state index < -0.39 is 10.0 Å². The fourth-order valence-electron chi connectivity index (χ4n) is 1.82. The molecule has 0 aliphatic rings. The SMILES string of the molecule is CCN(Cc1ccccc1)S(=O)(=O)c1cnc(C)[nH]1. The second-order valence-electron chi connectivity index (χ2n) is 4.25. The van der Waals surface area contributed by atoms with E-state index in [4.69, 9.17) is 0 Å². The highest BCUT2D eigenvalue weighted by Crippen LogP contribution is 2.16. The highest BCUT2D eigenvalue weighted by atomic mass is 32.2. The minimum atomic E-state index is -3.51. The Hall–Kier alpha value is -1.66. The van der Waals surface area contributed by atoms with Gasteiger partial charge in [-0.2, -0.15) is 4.31 Å². The van der Waals surface area contributed by atoms with Crippen LogP contribution in [0, 0.1) is 6.92 Å². The van der Waals surface area contributed by atoms with Gasteiger partial charge in [0.1, 0.15) is 5.82 Å². The van der Waals surface area contributed by atoms with Crippen LogP contribution >= 0.6 is 0 Å². The van der Waals surface area contributed by atoms with Crippen molar-refractivity contribution in [1.29, 1.82) is 0 Å². The molecule has 0 amide bonds. The van der Waals surface area contributed by atoms with Gasteiger partial charge in [0.15, 0.2) is 5.03 Å². The number of nitrogens with one attached hydrogen (secondary N) is 1. The van der Waals surface area contributed by atoms with Gasteiger partial charge < -0.3 is 4.98 Å². The van der Waals surface area contributed by atoms with Gasteiger partial charge in [-0.05, 0) is 12.5 Å². The summed E-state index contributed by atoms with van der Waals surface area (Å²) in [7, 11) is -3.51. The molecule has 0 aliphatic heterocycles. The zero-order chi connectivity index (χ0) is 13.9. The van der Waals surface area contributed by atoms with E-state index in [9.17, 15) is 8.42 Å². The lowest BCUT2D eigenvalue weighted by molar-refractivity contribution is 0.421. The number of aryl methyl sites for hydroxylation is 1. The zero-order valence-electron chi connectivity index (χ0n) is 11.0. The van der Waals surface area contributed by atoms with E-state index in [0.29, 0.717) is 18.9 Å². The van der Waals surface area contributed by atoms with Crippen LogP contribution in [0.2, 0.25) is 0 Å². The van der Waals surface area contributed by atoms with Crippen LogP contribution < -0.4 is 0 Å². The molecular formula is C13H17N3O2S. The molecule has 1 heterocycles. The molecule has 19 heavy (non-hydrogen) atoms. The minimum absolute atomic E-state index is 0.141. The van der Waals surface area contributed by atoms with Crippen LogP contribution in [0.4, 0.5) is 0 Å². The van der Waals surface area contributed by atoms with E-state index in [-0.39, 0.29) is 5.03 Å². The predicted octanol–water partition coefficient (Wildman–Crippen LogP) is 1.93. The van der Waals surface area contributed by atoms with E-state index >= 15 is 0 Å². The number of nitrogens with zero attached hydrogens (tertiary/aromatic N) is 2. The highest BCUT2D eigenvalue weighted by Gasteiger charge is 2.24. The molecule has 2 rings (SSSR count). The van der Waals surface area contributed by atoms with Crippen molar-refractivity contribution in [1.82, 2.24) is 14.3 Å². The summed E-state index contributed by atoms with van der Waals surface area (Å²) in [6.45, 7) is 4.32. The Morgan fingerprint density at radius 3 is 2.47 bits per heavy atom. The lowest BCUT2D eigenvalue weighted by Gasteiger charge is -2.19. The summed E-state index contributed by atoms with van der Waals surface area (Å²) in [4.78, 5) is 6.72. The number of aromatic amines is 1. The molecule has 0 unspecified atom stereocenters. The van der Waals surface area contributed by atoms with Crippen LogP contribution in [0.5, 0.6) is 0 Å². The van der Waals surface area contributed by atoms with Crippen LogP contribution in [-0.2, 0) is 16.6 Å². The van der Waals surface area contributed by atoms with Crippen molar-refractivity contribution in [2.45, 2.75) is 25.4 Å². The van der Waals surface area contributed by atoms with E-state index in [0.717, 1.165) is 5.56 Å². The fraction of sp³-hybridized carbons (Fsp3) is 0.308. The Morgan fingerprint density at radius 1 is 1.26 bits per heavy atom. The molecule has 0 bridgehead atoms. The van der Waals surface area contributed by atoms with Gasteiger partial charge in [-0.25, -0.2) is 13.4 Å². The summed E-state index contributed by atoms with van der Waals surface area (Å²) in [5.74, 6) is 0.592. The monoisotopic (exact) mass is 279 g/mol. The number of hydrogen-bond donors (Lipinski definition) is 1. The summed E-state index contributed by atoms with van der Waals surface area (Å²) in [6.07, 6.45) is 1.36. The van der Waals surface area contributed by atoms with E-state index in [1.165, 1.54) is 10.5 Å². The average molecular weight is 279 g/mol. The summed E-state index contributed by atoms with van der Waals surface area (Å²) < 4.78 is 26.3. The second-order valence-corrected chi connectivity index (χ2v) is 6.16. The molecule has 0 atom stereocenters. The van der Waals surface area contributed by atoms with E-state index in [2.05, 4.69) is 9.97 Å². The molecule has 1 N–H and O–H groups in total. The zero-order valence-corrected chi connectivity index (χ0v) is 11.8. The Kier molecular flexibility index (Phi) is 4.01. The van der Waals surface area contributed by atoms with Crippen molar-refractivity contribution < 1.29 is 8.42 Å². The van der Waals surface area contributed by atoms with Crippen molar-refractivity contribution >= 4 is 10.0 Å². The van der Waals surface area contributed by atoms with Gasteiger partial charge in [0.05, 0.1) is 6.20 Å². The lowest BCUT2D eigenvalue weighted by atomic mass is 10.2. The largest absolute Gasteiger partial charge is 0.332 e. The molecule has 1 aromatic heterocycles. The van der Waals surface area contributed by atoms with Crippen LogP contribution in [0.15, 0.2) is 41.6 Å². The van der Waals surface area contributed by atoms with Crippen LogP contribution in [0.25, 0.3) is 0 Å². The van der Waals surface area contributed by atoms with E-state index in [1.807, 2.05) is 37.3 Å². The molecule has 0 saturated heterocycles. The number of hydrogen-bond acceptors (Lipinski definition) is 3. The molecule has 0 fully saturated rings. The van der Waals surface area contributed by atoms with Crippen molar-refractivity contribution in [2.75, 3.05) is 6.54 Å². The fourth-order valence-corrected chi connectivity index (χ4v) is 3.22. The Labute approximate surface area is 113 Å². The Balaban J connectivity index is 2.27. The van der Waals surface area contributed by atoms with E-state index in [1.54, 1.807) is 6.92 Å². The summed E-state index contributed by atoms with van der Waals surface area (Å²) >= 11 is 0. The molecular weight excluding hydrogens is 262 g/mol. The number of imidazole rings is 1. The van der Waals surface area contributed by atoms with Gasteiger partial charge in [0, 0.05) is 13.1 Å². The van der Waals surface area contributed by atoms with Crippen molar-refractivity contribution in [3.63, 3.8) is 0 Å². The minimum Gasteiger partial charge on any atom is -0.332 e. The first-order valence-corrected chi connectivity index (χ1v) is 7.53. The molecule has 0 spiro atoms. The number of sulfonamides is 1. The number of benzene rings is 1. The molecule has 5 nitrogen and oxygen atoms in total. The summed E-state index contributed by atoms with van der Waals surface area (Å²) in [5, 5.41) is 0.141. The van der Waals surface area contributed by atoms with Gasteiger partial charge in [0.2, 0.25) is 0 Å². The molecule has 2 aromatic rings. The first kappa shape index (κ1) is 13.8. The quantitative estimate of drug-likeness (QED) is 0.909. The highest BCUT2D eigenvalue weighted by molar-refractivity contribution is 7.89.